The predicted octanol–water partition coefficient (Wildman–Crippen LogP) is 0.0279. The molecule has 334 valence electrons. The molecule has 0 unspecified atom stereocenters. The van der Waals surface area contributed by atoms with Crippen LogP contribution < -0.4 is 16.0 Å². The maximum atomic E-state index is 13.2. The minimum Gasteiger partial charge on any atom is -0.467 e. The standard InChI is InChI=1S/C36H47N7O16S2/c1-18(38-36(51)55-15-24-11-9-8-10-12-24)30(48)39-25(31(49)37-19(2)32(50)52-7)17-61-35-42-40-34(41-43-35)60-14-13-53-33-29(58-23(6)47)28(57-22(5)46)27(56-21(4)45)26(59-33)16-54-20(3)44/h8-12,18-19,25-29,33H,13-17H2,1-7H3,(H,37,49)(H,38,51)(H,39,48)/t18-,19-,25-,26+,27+,28-,29+,33+/m0/s1. The SMILES string of the molecule is COC(=O)[C@H](C)NC(=O)[C@H](CSc1nnc(SCCO[C@@H]2O[C@H](COC(C)=O)[C@@H](OC(C)=O)[C@H](OC(C)=O)[C@H]2OC(C)=O)nn1)NC(=O)[C@H](C)NC(=O)OCc1ccccc1. The fourth-order valence-electron chi connectivity index (χ4n) is 5.14. The van der Waals surface area contributed by atoms with Crippen LogP contribution in [-0.2, 0) is 78.1 Å². The third-order valence-electron chi connectivity index (χ3n) is 7.85. The Hall–Kier alpha value is -5.66. The van der Waals surface area contributed by atoms with E-state index in [0.717, 1.165) is 63.9 Å². The second-order valence-corrected chi connectivity index (χ2v) is 14.9. The molecule has 1 saturated heterocycles. The number of amides is 3. The molecule has 1 aromatic carbocycles. The van der Waals surface area contributed by atoms with E-state index in [2.05, 4.69) is 41.1 Å². The highest BCUT2D eigenvalue weighted by Crippen LogP contribution is 2.30. The first-order chi connectivity index (χ1) is 29.0. The quantitative estimate of drug-likeness (QED) is 0.0644. The number of nitrogens with zero attached hydrogens (tertiary/aromatic N) is 4. The summed E-state index contributed by atoms with van der Waals surface area (Å²) >= 11 is 1.95. The van der Waals surface area contributed by atoms with Gasteiger partial charge in [0.15, 0.2) is 24.6 Å². The molecule has 0 saturated carbocycles. The van der Waals surface area contributed by atoms with Gasteiger partial charge in [0.25, 0.3) is 0 Å². The highest BCUT2D eigenvalue weighted by molar-refractivity contribution is 7.99. The highest BCUT2D eigenvalue weighted by Gasteiger charge is 2.52. The molecule has 23 nitrogen and oxygen atoms in total. The number of thioether (sulfide) groups is 2. The van der Waals surface area contributed by atoms with E-state index in [1.54, 1.807) is 24.3 Å². The number of alkyl carbamates (subject to hydrolysis) is 1. The van der Waals surface area contributed by atoms with Gasteiger partial charge in [-0.05, 0) is 19.4 Å². The van der Waals surface area contributed by atoms with Gasteiger partial charge in [-0.3, -0.25) is 28.8 Å². The number of hydrogen-bond acceptors (Lipinski definition) is 22. The summed E-state index contributed by atoms with van der Waals surface area (Å²) in [5, 5.41) is 23.6. The van der Waals surface area contributed by atoms with E-state index in [1.165, 1.54) is 13.8 Å². The maximum absolute atomic E-state index is 13.2. The molecule has 1 fully saturated rings. The molecule has 2 aromatic rings. The van der Waals surface area contributed by atoms with Crippen LogP contribution in [0.15, 0.2) is 40.6 Å². The normalized spacial score (nSPS) is 19.7. The number of hydrogen-bond donors (Lipinski definition) is 3. The molecule has 0 aliphatic carbocycles. The van der Waals surface area contributed by atoms with Gasteiger partial charge < -0.3 is 53.8 Å². The van der Waals surface area contributed by atoms with E-state index in [9.17, 15) is 38.4 Å². The lowest BCUT2D eigenvalue weighted by Crippen LogP contribution is -2.63. The molecule has 2 heterocycles. The predicted molar refractivity (Wildman–Crippen MR) is 208 cm³/mol. The lowest BCUT2D eigenvalue weighted by molar-refractivity contribution is -0.307. The zero-order valence-corrected chi connectivity index (χ0v) is 35.8. The van der Waals surface area contributed by atoms with Crippen molar-refractivity contribution in [1.82, 2.24) is 36.3 Å². The Morgan fingerprint density at radius 2 is 1.30 bits per heavy atom. The van der Waals surface area contributed by atoms with Gasteiger partial charge in [-0.25, -0.2) is 9.59 Å². The van der Waals surface area contributed by atoms with Crippen molar-refractivity contribution in [2.45, 2.75) is 107 Å². The van der Waals surface area contributed by atoms with E-state index in [-0.39, 0.29) is 35.0 Å². The Balaban J connectivity index is 1.62. The first-order valence-electron chi connectivity index (χ1n) is 18.4. The van der Waals surface area contributed by atoms with Crippen molar-refractivity contribution in [3.05, 3.63) is 35.9 Å². The number of aromatic nitrogens is 4. The topological polar surface area (TPSA) is 298 Å². The van der Waals surface area contributed by atoms with Gasteiger partial charge in [-0.15, -0.1) is 20.4 Å². The Morgan fingerprint density at radius 3 is 1.89 bits per heavy atom. The number of nitrogens with one attached hydrogen (secondary N) is 3. The molecule has 8 atom stereocenters. The van der Waals surface area contributed by atoms with Crippen molar-refractivity contribution in [3.8, 4) is 0 Å². The number of carbonyl (C=O) groups excluding carboxylic acids is 8. The van der Waals surface area contributed by atoms with Gasteiger partial charge in [0.2, 0.25) is 22.1 Å². The van der Waals surface area contributed by atoms with Crippen molar-refractivity contribution in [2.75, 3.05) is 31.8 Å². The lowest BCUT2D eigenvalue weighted by atomic mass is 9.98. The molecule has 3 N–H and O–H groups in total. The van der Waals surface area contributed by atoms with E-state index in [0.29, 0.717) is 0 Å². The van der Waals surface area contributed by atoms with Gasteiger partial charge in [-0.1, -0.05) is 53.9 Å². The summed E-state index contributed by atoms with van der Waals surface area (Å²) in [4.78, 5) is 98.2. The maximum Gasteiger partial charge on any atom is 0.408 e. The summed E-state index contributed by atoms with van der Waals surface area (Å²) in [6.07, 6.45) is -7.58. The zero-order valence-electron chi connectivity index (χ0n) is 34.2. The fraction of sp³-hybridized carbons (Fsp3) is 0.556. The summed E-state index contributed by atoms with van der Waals surface area (Å²) in [5.74, 6) is -5.24. The van der Waals surface area contributed by atoms with Gasteiger partial charge >= 0.3 is 35.9 Å². The molecule has 0 radical (unpaired) electrons. The van der Waals surface area contributed by atoms with Crippen molar-refractivity contribution in [1.29, 1.82) is 0 Å². The molecular weight excluding hydrogens is 851 g/mol. The second-order valence-electron chi connectivity index (χ2n) is 12.8. The highest BCUT2D eigenvalue weighted by atomic mass is 32.2. The van der Waals surface area contributed by atoms with Crippen LogP contribution in [0.25, 0.3) is 0 Å². The van der Waals surface area contributed by atoms with Gasteiger partial charge in [-0.2, -0.15) is 0 Å². The Morgan fingerprint density at radius 1 is 0.705 bits per heavy atom. The first-order valence-corrected chi connectivity index (χ1v) is 20.3. The molecule has 25 heteroatoms. The van der Waals surface area contributed by atoms with Crippen molar-refractivity contribution >= 4 is 71.3 Å². The average Bonchev–Trinajstić information content (AvgIpc) is 3.21. The molecule has 0 bridgehead atoms. The molecule has 1 aliphatic heterocycles. The fourth-order valence-corrected chi connectivity index (χ4v) is 6.45. The lowest BCUT2D eigenvalue weighted by Gasteiger charge is -2.44. The number of esters is 5. The number of methoxy groups -OCH3 is 1. The van der Waals surface area contributed by atoms with Gasteiger partial charge in [0, 0.05) is 39.2 Å². The summed E-state index contributed by atoms with van der Waals surface area (Å²) < 4.78 is 42.8. The number of carbonyl (C=O) groups is 8. The average molecular weight is 898 g/mol. The first kappa shape index (κ1) is 49.7. The van der Waals surface area contributed by atoms with Crippen LogP contribution in [0.4, 0.5) is 4.79 Å². The molecule has 61 heavy (non-hydrogen) atoms. The largest absolute Gasteiger partial charge is 0.467 e. The third kappa shape index (κ3) is 17.5. The summed E-state index contributed by atoms with van der Waals surface area (Å²) in [6.45, 7) is 6.69. The molecular formula is C36H47N7O16S2. The van der Waals surface area contributed by atoms with Gasteiger partial charge in [0.1, 0.15) is 37.4 Å². The van der Waals surface area contributed by atoms with E-state index >= 15 is 0 Å². The smallest absolute Gasteiger partial charge is 0.408 e. The summed E-state index contributed by atoms with van der Waals surface area (Å²) in [5.41, 5.74) is 0.735. The van der Waals surface area contributed by atoms with Crippen molar-refractivity contribution < 1.29 is 76.3 Å². The minimum absolute atomic E-state index is 0.0156. The molecule has 0 spiro atoms. The van der Waals surface area contributed by atoms with Crippen LogP contribution in [0.3, 0.4) is 0 Å². The number of ether oxygens (including phenoxy) is 8. The van der Waals surface area contributed by atoms with Crippen LogP contribution in [0, 0.1) is 0 Å². The Bertz CT molecular complexity index is 1830. The Labute approximate surface area is 358 Å². The summed E-state index contributed by atoms with van der Waals surface area (Å²) in [7, 11) is 1.15. The zero-order chi connectivity index (χ0) is 45.1. The molecule has 3 amide bonds. The van der Waals surface area contributed by atoms with Crippen LogP contribution in [0.2, 0.25) is 0 Å². The van der Waals surface area contributed by atoms with Gasteiger partial charge in [0.05, 0.1) is 13.7 Å². The van der Waals surface area contributed by atoms with E-state index in [1.807, 2.05) is 6.07 Å². The minimum atomic E-state index is -1.40. The van der Waals surface area contributed by atoms with Crippen molar-refractivity contribution in [3.63, 3.8) is 0 Å². The van der Waals surface area contributed by atoms with Crippen LogP contribution in [0.1, 0.15) is 47.1 Å². The molecule has 1 aromatic heterocycles. The monoisotopic (exact) mass is 897 g/mol. The molecule has 3 rings (SSSR count). The second kappa shape index (κ2) is 25.2. The molecule has 1 aliphatic rings. The van der Waals surface area contributed by atoms with Crippen LogP contribution in [0.5, 0.6) is 0 Å². The van der Waals surface area contributed by atoms with E-state index in [4.69, 9.17) is 33.2 Å². The third-order valence-corrected chi connectivity index (χ3v) is 9.57. The van der Waals surface area contributed by atoms with Crippen LogP contribution >= 0.6 is 23.5 Å². The van der Waals surface area contributed by atoms with Crippen LogP contribution in [-0.4, -0.2) is 149 Å². The van der Waals surface area contributed by atoms with Crippen molar-refractivity contribution in [2.24, 2.45) is 0 Å². The number of rotatable bonds is 21. The Kier molecular flexibility index (Phi) is 20.5. The number of benzene rings is 1. The summed E-state index contributed by atoms with van der Waals surface area (Å²) in [6, 6.07) is 5.44. The van der Waals surface area contributed by atoms with E-state index < -0.39 is 103 Å².